The topological polar surface area (TPSA) is 6.48 Å². The Balaban J connectivity index is 1.68. The minimum Gasteiger partial charge on any atom is -0.302 e. The van der Waals surface area contributed by atoms with Crippen molar-refractivity contribution in [2.45, 2.75) is 31.7 Å². The number of likely N-dealkylation sites (tertiary alicyclic amines) is 2. The predicted molar refractivity (Wildman–Crippen MR) is 61.0 cm³/mol. The summed E-state index contributed by atoms with van der Waals surface area (Å²) < 4.78 is 0. The normalized spacial score (nSPS) is 30.2. The van der Waals surface area contributed by atoms with E-state index in [1.165, 1.54) is 58.4 Å². The molecule has 2 aliphatic heterocycles. The molecule has 2 fully saturated rings. The molecule has 0 aromatic heterocycles. The molecule has 0 radical (unpaired) electrons. The van der Waals surface area contributed by atoms with Gasteiger partial charge in [-0.25, -0.2) is 0 Å². The van der Waals surface area contributed by atoms with Gasteiger partial charge in [0, 0.05) is 25.0 Å². The molecule has 0 bridgehead atoms. The lowest BCUT2D eigenvalue weighted by Crippen LogP contribution is -2.37. The van der Waals surface area contributed by atoms with Crippen LogP contribution in [0.25, 0.3) is 0 Å². The SMILES string of the molecule is ClCC1CCCN1CCN1CCCC1. The third-order valence-electron chi connectivity index (χ3n) is 3.58. The van der Waals surface area contributed by atoms with Gasteiger partial charge in [-0.1, -0.05) is 0 Å². The first-order valence-electron chi connectivity index (χ1n) is 5.92. The van der Waals surface area contributed by atoms with Crippen molar-refractivity contribution in [1.29, 1.82) is 0 Å². The number of halogens is 1. The number of hydrogen-bond donors (Lipinski definition) is 0. The Morgan fingerprint density at radius 1 is 1.00 bits per heavy atom. The molecule has 2 saturated heterocycles. The number of nitrogens with zero attached hydrogens (tertiary/aromatic N) is 2. The van der Waals surface area contributed by atoms with Crippen LogP contribution in [0.15, 0.2) is 0 Å². The van der Waals surface area contributed by atoms with E-state index in [4.69, 9.17) is 11.6 Å². The smallest absolute Gasteiger partial charge is 0.0379 e. The fourth-order valence-corrected chi connectivity index (χ4v) is 2.99. The van der Waals surface area contributed by atoms with E-state index in [1.807, 2.05) is 0 Å². The third-order valence-corrected chi connectivity index (χ3v) is 3.94. The molecule has 3 heteroatoms. The number of hydrogen-bond acceptors (Lipinski definition) is 2. The summed E-state index contributed by atoms with van der Waals surface area (Å²) in [5, 5.41) is 0. The molecule has 82 valence electrons. The lowest BCUT2D eigenvalue weighted by molar-refractivity contribution is 0.222. The van der Waals surface area contributed by atoms with Gasteiger partial charge in [0.15, 0.2) is 0 Å². The average molecular weight is 217 g/mol. The van der Waals surface area contributed by atoms with E-state index < -0.39 is 0 Å². The van der Waals surface area contributed by atoms with Crippen LogP contribution in [-0.2, 0) is 0 Å². The summed E-state index contributed by atoms with van der Waals surface area (Å²) in [6.07, 6.45) is 5.46. The van der Waals surface area contributed by atoms with Crippen molar-refractivity contribution >= 4 is 11.6 Å². The highest BCUT2D eigenvalue weighted by molar-refractivity contribution is 6.18. The van der Waals surface area contributed by atoms with E-state index in [-0.39, 0.29) is 0 Å². The molecule has 2 nitrogen and oxygen atoms in total. The van der Waals surface area contributed by atoms with Gasteiger partial charge in [0.2, 0.25) is 0 Å². The van der Waals surface area contributed by atoms with Gasteiger partial charge in [0.1, 0.15) is 0 Å². The van der Waals surface area contributed by atoms with Crippen LogP contribution < -0.4 is 0 Å². The van der Waals surface area contributed by atoms with Gasteiger partial charge >= 0.3 is 0 Å². The Kier molecular flexibility index (Phi) is 4.09. The maximum absolute atomic E-state index is 5.94. The summed E-state index contributed by atoms with van der Waals surface area (Å²) in [6.45, 7) is 6.40. The van der Waals surface area contributed by atoms with Crippen LogP contribution in [0.4, 0.5) is 0 Å². The molecule has 0 spiro atoms. The van der Waals surface area contributed by atoms with Crippen molar-refractivity contribution in [3.8, 4) is 0 Å². The number of alkyl halides is 1. The Labute approximate surface area is 92.2 Å². The highest BCUT2D eigenvalue weighted by atomic mass is 35.5. The largest absolute Gasteiger partial charge is 0.302 e. The first-order valence-corrected chi connectivity index (χ1v) is 6.46. The maximum Gasteiger partial charge on any atom is 0.0379 e. The van der Waals surface area contributed by atoms with Crippen molar-refractivity contribution < 1.29 is 0 Å². The lowest BCUT2D eigenvalue weighted by Gasteiger charge is -2.25. The lowest BCUT2D eigenvalue weighted by atomic mass is 10.2. The maximum atomic E-state index is 5.94. The van der Waals surface area contributed by atoms with Gasteiger partial charge in [-0.05, 0) is 45.3 Å². The molecular weight excluding hydrogens is 196 g/mol. The van der Waals surface area contributed by atoms with Crippen molar-refractivity contribution in [3.63, 3.8) is 0 Å². The fraction of sp³-hybridized carbons (Fsp3) is 1.00. The molecule has 0 N–H and O–H groups in total. The molecule has 0 aliphatic carbocycles. The second kappa shape index (κ2) is 5.34. The van der Waals surface area contributed by atoms with Crippen molar-refractivity contribution in [1.82, 2.24) is 9.80 Å². The zero-order valence-corrected chi connectivity index (χ0v) is 9.68. The molecule has 0 saturated carbocycles. The van der Waals surface area contributed by atoms with Gasteiger partial charge in [-0.15, -0.1) is 11.6 Å². The van der Waals surface area contributed by atoms with E-state index in [2.05, 4.69) is 9.80 Å². The highest BCUT2D eigenvalue weighted by Crippen LogP contribution is 2.18. The van der Waals surface area contributed by atoms with Crippen LogP contribution in [0.3, 0.4) is 0 Å². The number of rotatable bonds is 4. The van der Waals surface area contributed by atoms with E-state index >= 15 is 0 Å². The van der Waals surface area contributed by atoms with Gasteiger partial charge in [0.05, 0.1) is 0 Å². The molecule has 1 unspecified atom stereocenters. The molecule has 14 heavy (non-hydrogen) atoms. The van der Waals surface area contributed by atoms with Crippen LogP contribution in [0.1, 0.15) is 25.7 Å². The minimum absolute atomic E-state index is 0.666. The molecule has 1 atom stereocenters. The minimum atomic E-state index is 0.666. The van der Waals surface area contributed by atoms with Crippen LogP contribution in [0.5, 0.6) is 0 Å². The molecule has 0 aromatic carbocycles. The van der Waals surface area contributed by atoms with Crippen LogP contribution >= 0.6 is 11.6 Å². The van der Waals surface area contributed by atoms with E-state index in [0.717, 1.165) is 5.88 Å². The molecular formula is C11H21ClN2. The summed E-state index contributed by atoms with van der Waals surface area (Å²) in [4.78, 5) is 5.16. The van der Waals surface area contributed by atoms with E-state index in [0.29, 0.717) is 6.04 Å². The van der Waals surface area contributed by atoms with E-state index in [9.17, 15) is 0 Å². The monoisotopic (exact) mass is 216 g/mol. The Hall–Kier alpha value is 0.210. The fourth-order valence-electron chi connectivity index (χ4n) is 2.64. The summed E-state index contributed by atoms with van der Waals surface area (Å²) in [5.74, 6) is 0.819. The molecule has 2 heterocycles. The predicted octanol–water partition coefficient (Wildman–Crippen LogP) is 1.79. The summed E-state index contributed by atoms with van der Waals surface area (Å²) in [5.41, 5.74) is 0. The zero-order valence-electron chi connectivity index (χ0n) is 8.92. The van der Waals surface area contributed by atoms with E-state index in [1.54, 1.807) is 0 Å². The van der Waals surface area contributed by atoms with Crippen LogP contribution in [0, 0.1) is 0 Å². The summed E-state index contributed by atoms with van der Waals surface area (Å²) in [7, 11) is 0. The quantitative estimate of drug-likeness (QED) is 0.662. The Bertz CT molecular complexity index is 169. The second-order valence-corrected chi connectivity index (χ2v) is 4.84. The third kappa shape index (κ3) is 2.62. The molecule has 0 amide bonds. The van der Waals surface area contributed by atoms with Gasteiger partial charge in [-0.3, -0.25) is 4.90 Å². The highest BCUT2D eigenvalue weighted by Gasteiger charge is 2.23. The van der Waals surface area contributed by atoms with Crippen molar-refractivity contribution in [2.75, 3.05) is 38.6 Å². The van der Waals surface area contributed by atoms with Crippen LogP contribution in [0.2, 0.25) is 0 Å². The van der Waals surface area contributed by atoms with Crippen molar-refractivity contribution in [2.24, 2.45) is 0 Å². The van der Waals surface area contributed by atoms with Crippen molar-refractivity contribution in [3.05, 3.63) is 0 Å². The van der Waals surface area contributed by atoms with Gasteiger partial charge < -0.3 is 4.90 Å². The first-order chi connectivity index (χ1) is 6.90. The van der Waals surface area contributed by atoms with Gasteiger partial charge in [-0.2, -0.15) is 0 Å². The van der Waals surface area contributed by atoms with Gasteiger partial charge in [0.25, 0.3) is 0 Å². The molecule has 2 rings (SSSR count). The zero-order chi connectivity index (χ0) is 9.80. The Morgan fingerprint density at radius 3 is 2.50 bits per heavy atom. The Morgan fingerprint density at radius 2 is 1.79 bits per heavy atom. The average Bonchev–Trinajstić information content (AvgIpc) is 2.85. The van der Waals surface area contributed by atoms with Crippen LogP contribution in [-0.4, -0.2) is 54.4 Å². The summed E-state index contributed by atoms with van der Waals surface area (Å²) in [6, 6.07) is 0.666. The summed E-state index contributed by atoms with van der Waals surface area (Å²) >= 11 is 5.94. The molecule has 0 aromatic rings. The second-order valence-electron chi connectivity index (χ2n) is 4.54. The standard InChI is InChI=1S/C11H21ClN2/c12-10-11-4-3-7-14(11)9-8-13-5-1-2-6-13/h11H,1-10H2. The first kappa shape index (κ1) is 10.7. The molecule has 2 aliphatic rings.